The SMILES string of the molecule is CC(C)[C@@H](CC=O)N(C)C(=O)OC(C)(C)C. The quantitative estimate of drug-likeness (QED) is 0.696. The monoisotopic (exact) mass is 229 g/mol. The van der Waals surface area contributed by atoms with Gasteiger partial charge in [0.2, 0.25) is 0 Å². The number of carbonyl (C=O) groups excluding carboxylic acids is 2. The summed E-state index contributed by atoms with van der Waals surface area (Å²) in [4.78, 5) is 23.8. The fourth-order valence-corrected chi connectivity index (χ4v) is 1.45. The van der Waals surface area contributed by atoms with Gasteiger partial charge in [0.1, 0.15) is 11.9 Å². The highest BCUT2D eigenvalue weighted by Crippen LogP contribution is 2.16. The van der Waals surface area contributed by atoms with Gasteiger partial charge in [0.25, 0.3) is 0 Å². The first-order chi connectivity index (χ1) is 7.19. The van der Waals surface area contributed by atoms with Crippen molar-refractivity contribution < 1.29 is 14.3 Å². The Morgan fingerprint density at radius 3 is 2.19 bits per heavy atom. The van der Waals surface area contributed by atoms with E-state index in [1.165, 1.54) is 4.90 Å². The Hall–Kier alpha value is -1.06. The lowest BCUT2D eigenvalue weighted by atomic mass is 10.0. The van der Waals surface area contributed by atoms with Crippen LogP contribution in [0.1, 0.15) is 41.0 Å². The third-order valence-corrected chi connectivity index (χ3v) is 2.29. The maximum Gasteiger partial charge on any atom is 0.410 e. The Balaban J connectivity index is 4.55. The van der Waals surface area contributed by atoms with Gasteiger partial charge in [0.05, 0.1) is 0 Å². The van der Waals surface area contributed by atoms with Gasteiger partial charge in [-0.2, -0.15) is 0 Å². The first kappa shape index (κ1) is 14.9. The zero-order valence-electron chi connectivity index (χ0n) is 11.1. The summed E-state index contributed by atoms with van der Waals surface area (Å²) in [5.41, 5.74) is -0.506. The first-order valence-corrected chi connectivity index (χ1v) is 5.58. The second-order valence-electron chi connectivity index (χ2n) is 5.30. The molecule has 0 heterocycles. The van der Waals surface area contributed by atoms with E-state index in [1.807, 2.05) is 34.6 Å². The smallest absolute Gasteiger partial charge is 0.410 e. The standard InChI is InChI=1S/C12H23NO3/c1-9(2)10(7-8-14)13(6)11(15)16-12(3,4)5/h8-10H,7H2,1-6H3/t10-/m1/s1. The normalized spacial score (nSPS) is 13.4. The molecule has 94 valence electrons. The highest BCUT2D eigenvalue weighted by molar-refractivity contribution is 5.69. The lowest BCUT2D eigenvalue weighted by Gasteiger charge is -2.32. The zero-order chi connectivity index (χ0) is 12.9. The van der Waals surface area contributed by atoms with Gasteiger partial charge in [0.15, 0.2) is 0 Å². The van der Waals surface area contributed by atoms with E-state index in [0.29, 0.717) is 6.42 Å². The molecule has 1 atom stereocenters. The second kappa shape index (κ2) is 5.87. The van der Waals surface area contributed by atoms with Crippen molar-refractivity contribution in [3.8, 4) is 0 Å². The Morgan fingerprint density at radius 2 is 1.88 bits per heavy atom. The van der Waals surface area contributed by atoms with Crippen LogP contribution in [0.15, 0.2) is 0 Å². The van der Waals surface area contributed by atoms with Crippen LogP contribution in [-0.4, -0.2) is 36.0 Å². The molecule has 16 heavy (non-hydrogen) atoms. The largest absolute Gasteiger partial charge is 0.444 e. The van der Waals surface area contributed by atoms with Crippen LogP contribution in [0.5, 0.6) is 0 Å². The molecule has 0 saturated heterocycles. The van der Waals surface area contributed by atoms with Crippen LogP contribution in [0.25, 0.3) is 0 Å². The molecule has 0 aromatic rings. The molecule has 0 aromatic carbocycles. The van der Waals surface area contributed by atoms with E-state index in [0.717, 1.165) is 6.29 Å². The van der Waals surface area contributed by atoms with Crippen molar-refractivity contribution >= 4 is 12.4 Å². The Labute approximate surface area is 98.0 Å². The van der Waals surface area contributed by atoms with Gasteiger partial charge in [0, 0.05) is 19.5 Å². The molecule has 4 heteroatoms. The number of amides is 1. The average molecular weight is 229 g/mol. The molecule has 1 amide bonds. The Morgan fingerprint density at radius 1 is 1.38 bits per heavy atom. The molecule has 0 aliphatic carbocycles. The molecule has 0 unspecified atom stereocenters. The summed E-state index contributed by atoms with van der Waals surface area (Å²) < 4.78 is 5.25. The summed E-state index contributed by atoms with van der Waals surface area (Å²) in [6.45, 7) is 9.43. The number of ether oxygens (including phenoxy) is 1. The average Bonchev–Trinajstić information content (AvgIpc) is 2.09. The molecule has 0 saturated carbocycles. The molecule has 0 spiro atoms. The maximum absolute atomic E-state index is 11.8. The van der Waals surface area contributed by atoms with Crippen molar-refractivity contribution in [3.05, 3.63) is 0 Å². The molecule has 0 aromatic heterocycles. The topological polar surface area (TPSA) is 46.6 Å². The first-order valence-electron chi connectivity index (χ1n) is 5.58. The van der Waals surface area contributed by atoms with Crippen molar-refractivity contribution in [2.24, 2.45) is 5.92 Å². The second-order valence-corrected chi connectivity index (χ2v) is 5.30. The molecule has 4 nitrogen and oxygen atoms in total. The molecular formula is C12H23NO3. The molecule has 0 fully saturated rings. The minimum Gasteiger partial charge on any atom is -0.444 e. The van der Waals surface area contributed by atoms with Gasteiger partial charge in [-0.05, 0) is 26.7 Å². The minimum absolute atomic E-state index is 0.104. The van der Waals surface area contributed by atoms with Crippen LogP contribution in [-0.2, 0) is 9.53 Å². The Bertz CT molecular complexity index is 243. The van der Waals surface area contributed by atoms with Crippen molar-refractivity contribution in [1.29, 1.82) is 0 Å². The lowest BCUT2D eigenvalue weighted by Crippen LogP contribution is -2.43. The van der Waals surface area contributed by atoms with E-state index in [4.69, 9.17) is 4.74 Å². The number of hydrogen-bond donors (Lipinski definition) is 0. The number of aldehydes is 1. The van der Waals surface area contributed by atoms with E-state index in [1.54, 1.807) is 7.05 Å². The summed E-state index contributed by atoms with van der Waals surface area (Å²) in [7, 11) is 1.67. The summed E-state index contributed by atoms with van der Waals surface area (Å²) >= 11 is 0. The van der Waals surface area contributed by atoms with Crippen molar-refractivity contribution in [2.45, 2.75) is 52.7 Å². The Kier molecular flexibility index (Phi) is 5.48. The molecule has 0 aliphatic rings. The summed E-state index contributed by atoms with van der Waals surface area (Å²) in [6.07, 6.45) is 0.798. The van der Waals surface area contributed by atoms with Crippen molar-refractivity contribution in [2.75, 3.05) is 7.05 Å². The zero-order valence-corrected chi connectivity index (χ0v) is 11.1. The molecule has 0 aliphatic heterocycles. The van der Waals surface area contributed by atoms with E-state index in [9.17, 15) is 9.59 Å². The number of rotatable bonds is 4. The third-order valence-electron chi connectivity index (χ3n) is 2.29. The van der Waals surface area contributed by atoms with Crippen molar-refractivity contribution in [3.63, 3.8) is 0 Å². The van der Waals surface area contributed by atoms with E-state index >= 15 is 0 Å². The predicted molar refractivity (Wildman–Crippen MR) is 63.3 cm³/mol. The predicted octanol–water partition coefficient (Wildman–Crippen LogP) is 2.47. The van der Waals surface area contributed by atoms with Gasteiger partial charge in [-0.25, -0.2) is 4.79 Å². The molecule has 0 bridgehead atoms. The fraction of sp³-hybridized carbons (Fsp3) is 0.833. The van der Waals surface area contributed by atoms with Crippen molar-refractivity contribution in [1.82, 2.24) is 4.90 Å². The molecular weight excluding hydrogens is 206 g/mol. The van der Waals surface area contributed by atoms with Gasteiger partial charge in [-0.15, -0.1) is 0 Å². The van der Waals surface area contributed by atoms with Crippen LogP contribution in [0.2, 0.25) is 0 Å². The lowest BCUT2D eigenvalue weighted by molar-refractivity contribution is -0.109. The van der Waals surface area contributed by atoms with Crippen LogP contribution < -0.4 is 0 Å². The van der Waals surface area contributed by atoms with Crippen LogP contribution in [0, 0.1) is 5.92 Å². The van der Waals surface area contributed by atoms with Gasteiger partial charge in [-0.3, -0.25) is 0 Å². The van der Waals surface area contributed by atoms with Gasteiger partial charge >= 0.3 is 6.09 Å². The van der Waals surface area contributed by atoms with Crippen LogP contribution in [0.4, 0.5) is 4.79 Å². The minimum atomic E-state index is -0.506. The van der Waals surface area contributed by atoms with Gasteiger partial charge in [-0.1, -0.05) is 13.8 Å². The fourth-order valence-electron chi connectivity index (χ4n) is 1.45. The van der Waals surface area contributed by atoms with Crippen LogP contribution >= 0.6 is 0 Å². The molecule has 0 N–H and O–H groups in total. The summed E-state index contributed by atoms with van der Waals surface area (Å²) in [5.74, 6) is 0.225. The van der Waals surface area contributed by atoms with E-state index in [-0.39, 0.29) is 18.1 Å². The van der Waals surface area contributed by atoms with E-state index in [2.05, 4.69) is 0 Å². The summed E-state index contributed by atoms with van der Waals surface area (Å²) in [6, 6.07) is -0.104. The number of nitrogens with zero attached hydrogens (tertiary/aromatic N) is 1. The summed E-state index contributed by atoms with van der Waals surface area (Å²) in [5, 5.41) is 0. The van der Waals surface area contributed by atoms with E-state index < -0.39 is 5.60 Å². The number of carbonyl (C=O) groups is 2. The van der Waals surface area contributed by atoms with Gasteiger partial charge < -0.3 is 14.4 Å². The highest BCUT2D eigenvalue weighted by atomic mass is 16.6. The molecule has 0 rings (SSSR count). The third kappa shape index (κ3) is 5.14. The molecule has 0 radical (unpaired) electrons. The number of hydrogen-bond acceptors (Lipinski definition) is 3. The van der Waals surface area contributed by atoms with Crippen LogP contribution in [0.3, 0.4) is 0 Å². The highest BCUT2D eigenvalue weighted by Gasteiger charge is 2.26. The maximum atomic E-state index is 11.8.